The Morgan fingerprint density at radius 2 is 2.24 bits per heavy atom. The van der Waals surface area contributed by atoms with Crippen LogP contribution in [-0.2, 0) is 4.74 Å². The zero-order chi connectivity index (χ0) is 15.2. The molecule has 0 aliphatic carbocycles. The molecule has 1 N–H and O–H groups in total. The number of hydrogen-bond acceptors (Lipinski definition) is 3. The molecule has 1 aliphatic heterocycles. The molecular weight excluding hydrogens is 276 g/mol. The standard InChI is InChI=1S/C16H23F2NO2/c1-3-15-13(7-8-20-15)10-19-11(2)12-5-4-6-14(9-12)21-16(17)18/h4-6,9,11,13,15-16,19H,3,7-8,10H2,1-2H3. The molecule has 3 atom stereocenters. The second-order valence-corrected chi connectivity index (χ2v) is 5.45. The van der Waals surface area contributed by atoms with E-state index in [9.17, 15) is 8.78 Å². The van der Waals surface area contributed by atoms with E-state index in [2.05, 4.69) is 17.0 Å². The summed E-state index contributed by atoms with van der Waals surface area (Å²) in [5, 5.41) is 3.46. The molecule has 0 amide bonds. The van der Waals surface area contributed by atoms with E-state index in [4.69, 9.17) is 4.74 Å². The highest BCUT2D eigenvalue weighted by molar-refractivity contribution is 5.30. The Balaban J connectivity index is 1.89. The first-order valence-corrected chi connectivity index (χ1v) is 7.50. The van der Waals surface area contributed by atoms with E-state index < -0.39 is 6.61 Å². The fourth-order valence-corrected chi connectivity index (χ4v) is 2.78. The Bertz CT molecular complexity index is 442. The quantitative estimate of drug-likeness (QED) is 0.831. The molecule has 0 spiro atoms. The average Bonchev–Trinajstić information content (AvgIpc) is 2.91. The van der Waals surface area contributed by atoms with E-state index >= 15 is 0 Å². The average molecular weight is 299 g/mol. The molecule has 3 nitrogen and oxygen atoms in total. The molecule has 1 aromatic rings. The molecule has 1 aliphatic rings. The first-order valence-electron chi connectivity index (χ1n) is 7.50. The first kappa shape index (κ1) is 16.2. The van der Waals surface area contributed by atoms with Gasteiger partial charge in [0.05, 0.1) is 6.10 Å². The molecule has 3 unspecified atom stereocenters. The lowest BCUT2D eigenvalue weighted by Crippen LogP contribution is -2.30. The predicted octanol–water partition coefficient (Wildman–Crippen LogP) is 3.75. The molecule has 5 heteroatoms. The van der Waals surface area contributed by atoms with Crippen molar-refractivity contribution in [3.63, 3.8) is 0 Å². The van der Waals surface area contributed by atoms with Crippen LogP contribution in [0, 0.1) is 5.92 Å². The maximum atomic E-state index is 12.2. The Hall–Kier alpha value is -1.20. The largest absolute Gasteiger partial charge is 0.435 e. The number of nitrogens with one attached hydrogen (secondary N) is 1. The van der Waals surface area contributed by atoms with Crippen LogP contribution in [0.3, 0.4) is 0 Å². The summed E-state index contributed by atoms with van der Waals surface area (Å²) in [7, 11) is 0. The fourth-order valence-electron chi connectivity index (χ4n) is 2.78. The van der Waals surface area contributed by atoms with Gasteiger partial charge in [-0.25, -0.2) is 0 Å². The number of hydrogen-bond donors (Lipinski definition) is 1. The number of ether oxygens (including phenoxy) is 2. The normalized spacial score (nSPS) is 23.5. The third kappa shape index (κ3) is 4.64. The van der Waals surface area contributed by atoms with E-state index in [1.807, 2.05) is 13.0 Å². The lowest BCUT2D eigenvalue weighted by Gasteiger charge is -2.21. The number of halogens is 2. The van der Waals surface area contributed by atoms with Crippen LogP contribution in [-0.4, -0.2) is 25.9 Å². The summed E-state index contributed by atoms with van der Waals surface area (Å²) in [6.45, 7) is 3.08. The third-order valence-corrected chi connectivity index (χ3v) is 4.02. The Morgan fingerprint density at radius 3 is 2.95 bits per heavy atom. The van der Waals surface area contributed by atoms with Gasteiger partial charge in [-0.3, -0.25) is 0 Å². The molecule has 1 fully saturated rings. The van der Waals surface area contributed by atoms with Gasteiger partial charge in [0, 0.05) is 19.2 Å². The van der Waals surface area contributed by atoms with E-state index in [-0.39, 0.29) is 11.8 Å². The van der Waals surface area contributed by atoms with Gasteiger partial charge in [0.2, 0.25) is 0 Å². The fraction of sp³-hybridized carbons (Fsp3) is 0.625. The minimum Gasteiger partial charge on any atom is -0.435 e. The Morgan fingerprint density at radius 1 is 1.43 bits per heavy atom. The van der Waals surface area contributed by atoms with Gasteiger partial charge in [0.25, 0.3) is 0 Å². The maximum Gasteiger partial charge on any atom is 0.387 e. The van der Waals surface area contributed by atoms with Crippen molar-refractivity contribution in [1.82, 2.24) is 5.32 Å². The molecule has 21 heavy (non-hydrogen) atoms. The smallest absolute Gasteiger partial charge is 0.387 e. The number of alkyl halides is 2. The first-order chi connectivity index (χ1) is 10.1. The van der Waals surface area contributed by atoms with Crippen LogP contribution in [0.2, 0.25) is 0 Å². The van der Waals surface area contributed by atoms with Crippen molar-refractivity contribution in [1.29, 1.82) is 0 Å². The summed E-state index contributed by atoms with van der Waals surface area (Å²) in [4.78, 5) is 0. The molecule has 1 heterocycles. The van der Waals surface area contributed by atoms with Gasteiger partial charge in [0.15, 0.2) is 0 Å². The molecule has 1 aromatic carbocycles. The lowest BCUT2D eigenvalue weighted by atomic mass is 9.98. The highest BCUT2D eigenvalue weighted by atomic mass is 19.3. The summed E-state index contributed by atoms with van der Waals surface area (Å²) in [6, 6.07) is 6.94. The molecule has 0 saturated carbocycles. The van der Waals surface area contributed by atoms with E-state index in [1.165, 1.54) is 0 Å². The van der Waals surface area contributed by atoms with Crippen LogP contribution in [0.5, 0.6) is 5.75 Å². The number of rotatable bonds is 7. The minimum atomic E-state index is -2.79. The van der Waals surface area contributed by atoms with Crippen molar-refractivity contribution >= 4 is 0 Å². The molecule has 0 aromatic heterocycles. The minimum absolute atomic E-state index is 0.0873. The van der Waals surface area contributed by atoms with Gasteiger partial charge in [-0.2, -0.15) is 8.78 Å². The van der Waals surface area contributed by atoms with Gasteiger partial charge in [-0.1, -0.05) is 19.1 Å². The Kier molecular flexibility index (Phi) is 5.94. The van der Waals surface area contributed by atoms with Crippen molar-refractivity contribution in [2.45, 2.75) is 45.4 Å². The SMILES string of the molecule is CCC1OCCC1CNC(C)c1cccc(OC(F)F)c1. The molecule has 118 valence electrons. The van der Waals surface area contributed by atoms with Crippen molar-refractivity contribution in [3.8, 4) is 5.75 Å². The lowest BCUT2D eigenvalue weighted by molar-refractivity contribution is -0.0499. The van der Waals surface area contributed by atoms with Gasteiger partial charge in [-0.05, 0) is 43.4 Å². The van der Waals surface area contributed by atoms with Gasteiger partial charge < -0.3 is 14.8 Å². The summed E-state index contributed by atoms with van der Waals surface area (Å²) in [5.41, 5.74) is 0.945. The van der Waals surface area contributed by atoms with Gasteiger partial charge in [0.1, 0.15) is 5.75 Å². The molecule has 0 radical (unpaired) electrons. The highest BCUT2D eigenvalue weighted by Gasteiger charge is 2.26. The molecular formula is C16H23F2NO2. The summed E-state index contributed by atoms with van der Waals surface area (Å²) in [5.74, 6) is 0.727. The summed E-state index contributed by atoms with van der Waals surface area (Å²) >= 11 is 0. The van der Waals surface area contributed by atoms with Crippen LogP contribution in [0.1, 0.15) is 38.3 Å². The predicted molar refractivity (Wildman–Crippen MR) is 77.6 cm³/mol. The Labute approximate surface area is 124 Å². The van der Waals surface area contributed by atoms with Crippen LogP contribution in [0.25, 0.3) is 0 Å². The van der Waals surface area contributed by atoms with Gasteiger partial charge in [-0.15, -0.1) is 0 Å². The molecule has 2 rings (SSSR count). The van der Waals surface area contributed by atoms with E-state index in [1.54, 1.807) is 18.2 Å². The van der Waals surface area contributed by atoms with Crippen LogP contribution < -0.4 is 10.1 Å². The second-order valence-electron chi connectivity index (χ2n) is 5.45. The monoisotopic (exact) mass is 299 g/mol. The summed E-state index contributed by atoms with van der Waals surface area (Å²) < 4.78 is 34.6. The zero-order valence-corrected chi connectivity index (χ0v) is 12.5. The van der Waals surface area contributed by atoms with E-state index in [0.717, 1.165) is 31.6 Å². The van der Waals surface area contributed by atoms with Crippen molar-refractivity contribution < 1.29 is 18.3 Å². The van der Waals surface area contributed by atoms with Crippen LogP contribution >= 0.6 is 0 Å². The van der Waals surface area contributed by atoms with Crippen molar-refractivity contribution in [2.75, 3.05) is 13.2 Å². The summed E-state index contributed by atoms with van der Waals surface area (Å²) in [6.07, 6.45) is 2.43. The second kappa shape index (κ2) is 7.71. The van der Waals surface area contributed by atoms with Crippen molar-refractivity contribution in [2.24, 2.45) is 5.92 Å². The maximum absolute atomic E-state index is 12.2. The van der Waals surface area contributed by atoms with Crippen molar-refractivity contribution in [3.05, 3.63) is 29.8 Å². The number of benzene rings is 1. The zero-order valence-electron chi connectivity index (χ0n) is 12.5. The van der Waals surface area contributed by atoms with Crippen LogP contribution in [0.15, 0.2) is 24.3 Å². The van der Waals surface area contributed by atoms with E-state index in [0.29, 0.717) is 12.0 Å². The molecule has 1 saturated heterocycles. The topological polar surface area (TPSA) is 30.5 Å². The highest BCUT2D eigenvalue weighted by Crippen LogP contribution is 2.25. The van der Waals surface area contributed by atoms with Gasteiger partial charge >= 0.3 is 6.61 Å². The van der Waals surface area contributed by atoms with Crippen LogP contribution in [0.4, 0.5) is 8.78 Å². The third-order valence-electron chi connectivity index (χ3n) is 4.02. The molecule has 0 bridgehead atoms.